The van der Waals surface area contributed by atoms with Crippen LogP contribution in [0.4, 0.5) is 4.79 Å². The second kappa shape index (κ2) is 11.2. The molecule has 4 aromatic rings. The average Bonchev–Trinajstić information content (AvgIpc) is 3.45. The molecular formula is C30H31N3O4S. The van der Waals surface area contributed by atoms with Crippen LogP contribution in [0.5, 0.6) is 5.75 Å². The number of ether oxygens (including phenoxy) is 1. The zero-order valence-corrected chi connectivity index (χ0v) is 22.1. The van der Waals surface area contributed by atoms with Crippen molar-refractivity contribution < 1.29 is 17.9 Å². The number of hydrogen-bond donors (Lipinski definition) is 2. The molecule has 196 valence electrons. The van der Waals surface area contributed by atoms with Crippen molar-refractivity contribution in [2.75, 3.05) is 0 Å². The van der Waals surface area contributed by atoms with Crippen LogP contribution in [0.15, 0.2) is 89.8 Å². The summed E-state index contributed by atoms with van der Waals surface area (Å²) in [5.74, 6) is 0.927. The average molecular weight is 530 g/mol. The summed E-state index contributed by atoms with van der Waals surface area (Å²) < 4.78 is 33.8. The van der Waals surface area contributed by atoms with E-state index in [-0.39, 0.29) is 16.9 Å². The van der Waals surface area contributed by atoms with Crippen LogP contribution in [-0.4, -0.2) is 19.4 Å². The van der Waals surface area contributed by atoms with E-state index in [0.717, 1.165) is 47.8 Å². The molecule has 0 saturated heterocycles. The fourth-order valence-electron chi connectivity index (χ4n) is 5.09. The summed E-state index contributed by atoms with van der Waals surface area (Å²) in [4.78, 5) is 17.6. The Morgan fingerprint density at radius 3 is 2.42 bits per heavy atom. The third-order valence-electron chi connectivity index (χ3n) is 7.05. The first-order chi connectivity index (χ1) is 18.4. The minimum atomic E-state index is -3.98. The maximum Gasteiger partial charge on any atom is 0.329 e. The van der Waals surface area contributed by atoms with Crippen molar-refractivity contribution in [3.63, 3.8) is 0 Å². The van der Waals surface area contributed by atoms with Gasteiger partial charge in [-0.3, -0.25) is 0 Å². The molecule has 0 aliphatic heterocycles. The van der Waals surface area contributed by atoms with E-state index in [1.54, 1.807) is 25.1 Å². The highest BCUT2D eigenvalue weighted by Gasteiger charge is 2.29. The first-order valence-corrected chi connectivity index (χ1v) is 14.3. The Kier molecular flexibility index (Phi) is 7.60. The maximum absolute atomic E-state index is 12.9. The highest BCUT2D eigenvalue weighted by atomic mass is 32.2. The Labute approximate surface area is 223 Å². The molecule has 1 atom stereocenters. The molecule has 1 heterocycles. The Morgan fingerprint density at radius 1 is 0.947 bits per heavy atom. The van der Waals surface area contributed by atoms with E-state index in [1.807, 2.05) is 60.7 Å². The highest BCUT2D eigenvalue weighted by Crippen LogP contribution is 2.36. The van der Waals surface area contributed by atoms with Crippen molar-refractivity contribution in [2.24, 2.45) is 5.92 Å². The molecule has 1 fully saturated rings. The third kappa shape index (κ3) is 5.97. The van der Waals surface area contributed by atoms with Gasteiger partial charge in [0, 0.05) is 5.39 Å². The van der Waals surface area contributed by atoms with E-state index in [2.05, 4.69) is 15.0 Å². The summed E-state index contributed by atoms with van der Waals surface area (Å²) in [5.41, 5.74) is 3.26. The molecule has 3 aromatic carbocycles. The number of benzene rings is 3. The number of amides is 2. The van der Waals surface area contributed by atoms with Gasteiger partial charge < -0.3 is 10.1 Å². The predicted octanol–water partition coefficient (Wildman–Crippen LogP) is 6.04. The number of carbonyl (C=O) groups is 1. The molecule has 1 aliphatic carbocycles. The second-order valence-corrected chi connectivity index (χ2v) is 11.4. The van der Waals surface area contributed by atoms with Gasteiger partial charge in [-0.05, 0) is 67.1 Å². The van der Waals surface area contributed by atoms with Crippen molar-refractivity contribution in [3.05, 3.63) is 102 Å². The van der Waals surface area contributed by atoms with Crippen molar-refractivity contribution in [3.8, 4) is 5.75 Å². The summed E-state index contributed by atoms with van der Waals surface area (Å²) in [7, 11) is -3.98. The second-order valence-electron chi connectivity index (χ2n) is 9.72. The lowest BCUT2D eigenvalue weighted by Gasteiger charge is -2.25. The first kappa shape index (κ1) is 25.7. The Bertz CT molecular complexity index is 1530. The smallest absolute Gasteiger partial charge is 0.329 e. The minimum absolute atomic E-state index is 0.0926. The molecule has 0 radical (unpaired) electrons. The maximum atomic E-state index is 12.9. The summed E-state index contributed by atoms with van der Waals surface area (Å²) in [6, 6.07) is 25.1. The van der Waals surface area contributed by atoms with Crippen molar-refractivity contribution in [2.45, 2.75) is 50.2 Å². The van der Waals surface area contributed by atoms with Gasteiger partial charge in [0.15, 0.2) is 0 Å². The molecule has 1 aliphatic rings. The standard InChI is InChI=1S/C30H31N3O4S/c1-21-8-2-7-13-28(21)38(35,36)33-30(34)32-29(23-10-3-4-11-23)24-15-18-26(19-16-24)37-20-25-17-14-22-9-5-6-12-27(22)31-25/h2,5-9,12-19,23,29H,3-4,10-11,20H2,1H3,(H2,32,33,34). The van der Waals surface area contributed by atoms with E-state index in [4.69, 9.17) is 4.74 Å². The molecule has 7 nitrogen and oxygen atoms in total. The molecule has 2 N–H and O–H groups in total. The number of hydrogen-bond acceptors (Lipinski definition) is 5. The van der Waals surface area contributed by atoms with Crippen LogP contribution >= 0.6 is 0 Å². The number of sulfonamides is 1. The van der Waals surface area contributed by atoms with Crippen LogP contribution in [0, 0.1) is 12.8 Å². The van der Waals surface area contributed by atoms with Crippen LogP contribution < -0.4 is 14.8 Å². The lowest BCUT2D eigenvalue weighted by atomic mass is 9.91. The molecule has 1 aromatic heterocycles. The Balaban J connectivity index is 1.27. The van der Waals surface area contributed by atoms with Gasteiger partial charge in [-0.1, -0.05) is 67.4 Å². The zero-order valence-electron chi connectivity index (χ0n) is 21.3. The van der Waals surface area contributed by atoms with Crippen molar-refractivity contribution in [1.82, 2.24) is 15.0 Å². The molecule has 0 bridgehead atoms. The van der Waals surface area contributed by atoms with Crippen molar-refractivity contribution >= 4 is 27.0 Å². The summed E-state index contributed by atoms with van der Waals surface area (Å²) in [6.45, 7) is 2.04. The van der Waals surface area contributed by atoms with Crippen molar-refractivity contribution in [1.29, 1.82) is 0 Å². The third-order valence-corrected chi connectivity index (χ3v) is 8.54. The van der Waals surface area contributed by atoms with Crippen LogP contribution in [0.3, 0.4) is 0 Å². The fourth-order valence-corrected chi connectivity index (χ4v) is 6.25. The quantitative estimate of drug-likeness (QED) is 0.290. The zero-order chi connectivity index (χ0) is 26.5. The number of urea groups is 1. The monoisotopic (exact) mass is 529 g/mol. The van der Waals surface area contributed by atoms with E-state index in [9.17, 15) is 13.2 Å². The van der Waals surface area contributed by atoms with E-state index in [1.165, 1.54) is 6.07 Å². The Hall–Kier alpha value is -3.91. The van der Waals surface area contributed by atoms with Gasteiger partial charge in [0.2, 0.25) is 0 Å². The van der Waals surface area contributed by atoms with Gasteiger partial charge >= 0.3 is 6.03 Å². The number of aromatic nitrogens is 1. The number of nitrogens with one attached hydrogen (secondary N) is 2. The number of nitrogens with zero attached hydrogens (tertiary/aromatic N) is 1. The van der Waals surface area contributed by atoms with Crippen LogP contribution in [0.2, 0.25) is 0 Å². The van der Waals surface area contributed by atoms with E-state index >= 15 is 0 Å². The van der Waals surface area contributed by atoms with Gasteiger partial charge in [-0.2, -0.15) is 0 Å². The summed E-state index contributed by atoms with van der Waals surface area (Å²) >= 11 is 0. The van der Waals surface area contributed by atoms with Gasteiger partial charge in [-0.15, -0.1) is 0 Å². The number of aryl methyl sites for hydroxylation is 1. The minimum Gasteiger partial charge on any atom is -0.487 e. The number of carbonyl (C=O) groups excluding carboxylic acids is 1. The summed E-state index contributed by atoms with van der Waals surface area (Å²) in [6.07, 6.45) is 4.13. The molecule has 5 rings (SSSR count). The number of rotatable bonds is 8. The fraction of sp³-hybridized carbons (Fsp3) is 0.267. The van der Waals surface area contributed by atoms with Crippen LogP contribution in [-0.2, 0) is 16.6 Å². The van der Waals surface area contributed by atoms with Crippen LogP contribution in [0.1, 0.15) is 48.5 Å². The molecule has 2 amide bonds. The number of pyridine rings is 1. The molecule has 1 unspecified atom stereocenters. The molecule has 1 saturated carbocycles. The Morgan fingerprint density at radius 2 is 1.66 bits per heavy atom. The molecule has 8 heteroatoms. The first-order valence-electron chi connectivity index (χ1n) is 12.9. The van der Waals surface area contributed by atoms with E-state index in [0.29, 0.717) is 17.9 Å². The predicted molar refractivity (Wildman–Crippen MR) is 147 cm³/mol. The molecule has 0 spiro atoms. The van der Waals surface area contributed by atoms with Crippen LogP contribution in [0.25, 0.3) is 10.9 Å². The van der Waals surface area contributed by atoms with Gasteiger partial charge in [0.1, 0.15) is 12.4 Å². The van der Waals surface area contributed by atoms with Gasteiger partial charge in [0.25, 0.3) is 10.0 Å². The number of fused-ring (bicyclic) bond motifs is 1. The largest absolute Gasteiger partial charge is 0.487 e. The lowest BCUT2D eigenvalue weighted by molar-refractivity contribution is 0.236. The summed E-state index contributed by atoms with van der Waals surface area (Å²) in [5, 5.41) is 4.02. The van der Waals surface area contributed by atoms with E-state index < -0.39 is 16.1 Å². The topological polar surface area (TPSA) is 97.4 Å². The highest BCUT2D eigenvalue weighted by molar-refractivity contribution is 7.90. The number of para-hydroxylation sites is 1. The SMILES string of the molecule is Cc1ccccc1S(=O)(=O)NC(=O)NC(c1ccc(OCc2ccc3ccccc3n2)cc1)C1CCCC1. The molecular weight excluding hydrogens is 498 g/mol. The normalized spacial score (nSPS) is 14.8. The molecule has 38 heavy (non-hydrogen) atoms. The lowest BCUT2D eigenvalue weighted by Crippen LogP contribution is -2.43. The van der Waals surface area contributed by atoms with Gasteiger partial charge in [-0.25, -0.2) is 22.9 Å². The van der Waals surface area contributed by atoms with Gasteiger partial charge in [0.05, 0.1) is 22.1 Å².